The summed E-state index contributed by atoms with van der Waals surface area (Å²) in [6.45, 7) is 1.47. The summed E-state index contributed by atoms with van der Waals surface area (Å²) in [5.41, 5.74) is 0.508. The number of likely N-dealkylation sites (tertiary alicyclic amines) is 1. The van der Waals surface area contributed by atoms with E-state index < -0.39 is 0 Å². The molecule has 0 atom stereocenters. The van der Waals surface area contributed by atoms with E-state index in [4.69, 9.17) is 20.9 Å². The number of ether oxygens (including phenoxy) is 1. The summed E-state index contributed by atoms with van der Waals surface area (Å²) < 4.78 is 10.4. The van der Waals surface area contributed by atoms with Crippen LogP contribution in [0.4, 0.5) is 4.79 Å². The molecule has 1 saturated heterocycles. The summed E-state index contributed by atoms with van der Waals surface area (Å²) in [4.78, 5) is 13.7. The number of carbonyl (C=O) groups is 1. The molecule has 1 aromatic heterocycles. The minimum Gasteiger partial charge on any atom is -0.387 e. The summed E-state index contributed by atoms with van der Waals surface area (Å²) in [7, 11) is 0. The van der Waals surface area contributed by atoms with E-state index in [1.807, 2.05) is 0 Å². The number of carbonyl (C=O) groups excluding carboxylic acids is 1. The molecule has 1 aliphatic rings. The first-order valence-electron chi connectivity index (χ1n) is 6.26. The van der Waals surface area contributed by atoms with E-state index in [-0.39, 0.29) is 12.0 Å². The van der Waals surface area contributed by atoms with Crippen molar-refractivity contribution in [1.29, 1.82) is 0 Å². The van der Waals surface area contributed by atoms with E-state index in [2.05, 4.69) is 5.16 Å². The fourth-order valence-corrected chi connectivity index (χ4v) is 2.35. The Morgan fingerprint density at radius 3 is 2.89 bits per heavy atom. The lowest BCUT2D eigenvalue weighted by Crippen LogP contribution is -2.37. The quantitative estimate of drug-likeness (QED) is 0.803. The Kier molecular flexibility index (Phi) is 3.29. The fourth-order valence-electron chi connectivity index (χ4n) is 2.19. The third kappa shape index (κ3) is 2.51. The van der Waals surface area contributed by atoms with Crippen LogP contribution in [0, 0.1) is 0 Å². The van der Waals surface area contributed by atoms with Crippen LogP contribution in [0.25, 0.3) is 11.0 Å². The van der Waals surface area contributed by atoms with Crippen LogP contribution in [-0.2, 0) is 0 Å². The molecule has 19 heavy (non-hydrogen) atoms. The first-order valence-corrected chi connectivity index (χ1v) is 6.63. The van der Waals surface area contributed by atoms with Crippen LogP contribution in [0.3, 0.4) is 0 Å². The highest BCUT2D eigenvalue weighted by atomic mass is 35.5. The van der Waals surface area contributed by atoms with Gasteiger partial charge in [-0.15, -0.1) is 0 Å². The predicted octanol–water partition coefficient (Wildman–Crippen LogP) is 3.47. The van der Waals surface area contributed by atoms with Gasteiger partial charge in [-0.05, 0) is 36.6 Å². The molecule has 0 radical (unpaired) electrons. The third-order valence-corrected chi connectivity index (χ3v) is 3.43. The van der Waals surface area contributed by atoms with Crippen molar-refractivity contribution >= 4 is 28.7 Å². The summed E-state index contributed by atoms with van der Waals surface area (Å²) in [5, 5.41) is 4.97. The molecule has 2 heterocycles. The normalized spacial score (nSPS) is 15.7. The minimum atomic E-state index is -0.371. The number of piperidine rings is 1. The van der Waals surface area contributed by atoms with Crippen molar-refractivity contribution in [2.45, 2.75) is 19.3 Å². The zero-order valence-corrected chi connectivity index (χ0v) is 11.0. The number of hydrogen-bond donors (Lipinski definition) is 0. The number of rotatable bonds is 1. The van der Waals surface area contributed by atoms with Crippen molar-refractivity contribution < 1.29 is 14.1 Å². The van der Waals surface area contributed by atoms with E-state index in [0.717, 1.165) is 32.4 Å². The van der Waals surface area contributed by atoms with Gasteiger partial charge in [0.15, 0.2) is 5.58 Å². The Labute approximate surface area is 115 Å². The first-order chi connectivity index (χ1) is 9.24. The minimum absolute atomic E-state index is 0.197. The molecule has 100 valence electrons. The van der Waals surface area contributed by atoms with Gasteiger partial charge in [-0.1, -0.05) is 11.6 Å². The third-order valence-electron chi connectivity index (χ3n) is 3.20. The first kappa shape index (κ1) is 12.3. The topological polar surface area (TPSA) is 55.6 Å². The van der Waals surface area contributed by atoms with E-state index in [0.29, 0.717) is 16.0 Å². The van der Waals surface area contributed by atoms with Gasteiger partial charge < -0.3 is 14.2 Å². The van der Waals surface area contributed by atoms with Crippen LogP contribution in [0.5, 0.6) is 5.88 Å². The number of benzene rings is 1. The molecule has 1 amide bonds. The van der Waals surface area contributed by atoms with Gasteiger partial charge in [0.05, 0.1) is 5.39 Å². The van der Waals surface area contributed by atoms with Gasteiger partial charge in [0, 0.05) is 24.2 Å². The Balaban J connectivity index is 1.79. The molecule has 5 nitrogen and oxygen atoms in total. The maximum absolute atomic E-state index is 12.0. The van der Waals surface area contributed by atoms with Crippen LogP contribution >= 0.6 is 11.6 Å². The molecule has 0 spiro atoms. The summed E-state index contributed by atoms with van der Waals surface area (Å²) >= 11 is 5.85. The van der Waals surface area contributed by atoms with Gasteiger partial charge in [0.2, 0.25) is 0 Å². The smallest absolute Gasteiger partial charge is 0.387 e. The monoisotopic (exact) mass is 280 g/mol. The second kappa shape index (κ2) is 5.09. The van der Waals surface area contributed by atoms with Crippen LogP contribution in [-0.4, -0.2) is 29.2 Å². The molecule has 0 unspecified atom stereocenters. The van der Waals surface area contributed by atoms with Crippen molar-refractivity contribution in [3.05, 3.63) is 23.2 Å². The zero-order valence-electron chi connectivity index (χ0n) is 10.3. The molecule has 0 aliphatic carbocycles. The molecule has 3 rings (SSSR count). The Hall–Kier alpha value is -1.75. The maximum atomic E-state index is 12.0. The standard InChI is InChI=1S/C13H13ClN2O3/c14-9-4-5-10-11(8-9)19-15-12(10)18-13(17)16-6-2-1-3-7-16/h4-5,8H,1-3,6-7H2. The van der Waals surface area contributed by atoms with E-state index in [1.165, 1.54) is 0 Å². The fraction of sp³-hybridized carbons (Fsp3) is 0.385. The number of halogens is 1. The second-order valence-corrected chi connectivity index (χ2v) is 4.98. The number of fused-ring (bicyclic) bond motifs is 1. The molecular weight excluding hydrogens is 268 g/mol. The van der Waals surface area contributed by atoms with E-state index in [1.54, 1.807) is 23.1 Å². The maximum Gasteiger partial charge on any atom is 0.416 e. The molecule has 1 aromatic carbocycles. The van der Waals surface area contributed by atoms with Crippen molar-refractivity contribution in [3.8, 4) is 5.88 Å². The van der Waals surface area contributed by atoms with Crippen LogP contribution < -0.4 is 4.74 Å². The molecule has 0 N–H and O–H groups in total. The second-order valence-electron chi connectivity index (χ2n) is 4.54. The van der Waals surface area contributed by atoms with Gasteiger partial charge in [0.1, 0.15) is 0 Å². The van der Waals surface area contributed by atoms with Gasteiger partial charge >= 0.3 is 6.09 Å². The van der Waals surface area contributed by atoms with Gasteiger partial charge in [-0.3, -0.25) is 0 Å². The largest absolute Gasteiger partial charge is 0.416 e. The summed E-state index contributed by atoms with van der Waals surface area (Å²) in [6.07, 6.45) is 2.83. The molecule has 1 fully saturated rings. The number of hydrogen-bond acceptors (Lipinski definition) is 4. The van der Waals surface area contributed by atoms with Gasteiger partial charge in [0.25, 0.3) is 5.88 Å². The highest BCUT2D eigenvalue weighted by Gasteiger charge is 2.21. The lowest BCUT2D eigenvalue weighted by molar-refractivity contribution is 0.139. The van der Waals surface area contributed by atoms with Crippen molar-refractivity contribution in [2.75, 3.05) is 13.1 Å². The lowest BCUT2D eigenvalue weighted by Gasteiger charge is -2.25. The Morgan fingerprint density at radius 2 is 2.11 bits per heavy atom. The summed E-state index contributed by atoms with van der Waals surface area (Å²) in [5.74, 6) is 0.197. The highest BCUT2D eigenvalue weighted by Crippen LogP contribution is 2.27. The van der Waals surface area contributed by atoms with Gasteiger partial charge in [-0.25, -0.2) is 4.79 Å². The Bertz CT molecular complexity index is 605. The molecule has 6 heteroatoms. The average molecular weight is 281 g/mol. The van der Waals surface area contributed by atoms with Crippen LogP contribution in [0.1, 0.15) is 19.3 Å². The van der Waals surface area contributed by atoms with Crippen LogP contribution in [0.15, 0.2) is 22.7 Å². The number of amides is 1. The van der Waals surface area contributed by atoms with Crippen molar-refractivity contribution in [1.82, 2.24) is 10.1 Å². The number of nitrogens with zero attached hydrogens (tertiary/aromatic N) is 2. The van der Waals surface area contributed by atoms with E-state index >= 15 is 0 Å². The van der Waals surface area contributed by atoms with E-state index in [9.17, 15) is 4.79 Å². The molecule has 2 aromatic rings. The molecule has 0 saturated carbocycles. The Morgan fingerprint density at radius 1 is 1.32 bits per heavy atom. The highest BCUT2D eigenvalue weighted by molar-refractivity contribution is 6.31. The lowest BCUT2D eigenvalue weighted by atomic mass is 10.1. The molecular formula is C13H13ClN2O3. The average Bonchev–Trinajstić information content (AvgIpc) is 2.82. The zero-order chi connectivity index (χ0) is 13.2. The van der Waals surface area contributed by atoms with Crippen molar-refractivity contribution in [2.24, 2.45) is 0 Å². The van der Waals surface area contributed by atoms with Gasteiger partial charge in [-0.2, -0.15) is 0 Å². The van der Waals surface area contributed by atoms with Crippen molar-refractivity contribution in [3.63, 3.8) is 0 Å². The van der Waals surface area contributed by atoms with Crippen LogP contribution in [0.2, 0.25) is 5.02 Å². The number of aromatic nitrogens is 1. The SMILES string of the molecule is O=C(Oc1noc2cc(Cl)ccc12)N1CCCCC1. The molecule has 0 bridgehead atoms. The predicted molar refractivity (Wildman–Crippen MR) is 70.5 cm³/mol. The summed E-state index contributed by atoms with van der Waals surface area (Å²) in [6, 6.07) is 5.08. The molecule has 1 aliphatic heterocycles.